The molecule has 0 saturated carbocycles. The largest absolute Gasteiger partial charge is 0.481 e. The van der Waals surface area contributed by atoms with E-state index in [0.29, 0.717) is 0 Å². The molecule has 0 unspecified atom stereocenters. The molecule has 0 amide bonds. The normalized spacial score (nSPS) is 10.5. The molecular formula is C8H5BrClF2NO2. The van der Waals surface area contributed by atoms with Gasteiger partial charge in [-0.05, 0) is 27.5 Å². The third-order valence-electron chi connectivity index (χ3n) is 1.62. The van der Waals surface area contributed by atoms with Crippen LogP contribution in [0.5, 0.6) is 5.88 Å². The summed E-state index contributed by atoms with van der Waals surface area (Å²) in [5.74, 6) is -0.0150. The van der Waals surface area contributed by atoms with Gasteiger partial charge >= 0.3 is 0 Å². The van der Waals surface area contributed by atoms with Crippen molar-refractivity contribution >= 4 is 32.8 Å². The van der Waals surface area contributed by atoms with E-state index in [1.807, 2.05) is 0 Å². The maximum Gasteiger partial charge on any atom is 0.264 e. The molecule has 0 fully saturated rings. The molecule has 0 N–H and O–H groups in total. The first kappa shape index (κ1) is 12.3. The molecule has 0 radical (unpaired) electrons. The topological polar surface area (TPSA) is 39.2 Å². The number of halogens is 4. The first-order valence-electron chi connectivity index (χ1n) is 3.69. The lowest BCUT2D eigenvalue weighted by atomic mass is 10.1. The highest BCUT2D eigenvalue weighted by Gasteiger charge is 2.22. The smallest absolute Gasteiger partial charge is 0.264 e. The fraction of sp³-hybridized carbons (Fsp3) is 0.250. The highest BCUT2D eigenvalue weighted by atomic mass is 79.9. The van der Waals surface area contributed by atoms with Gasteiger partial charge in [0.05, 0.1) is 12.7 Å². The molecule has 1 aromatic rings. The van der Waals surface area contributed by atoms with Gasteiger partial charge in [-0.15, -0.1) is 0 Å². The van der Waals surface area contributed by atoms with Crippen molar-refractivity contribution in [3.8, 4) is 5.88 Å². The third kappa shape index (κ3) is 2.63. The Morgan fingerprint density at radius 1 is 1.67 bits per heavy atom. The number of rotatable bonds is 3. The minimum Gasteiger partial charge on any atom is -0.481 e. The van der Waals surface area contributed by atoms with Crippen LogP contribution in [0.2, 0.25) is 0 Å². The van der Waals surface area contributed by atoms with Crippen molar-refractivity contribution in [2.45, 2.75) is 6.43 Å². The van der Waals surface area contributed by atoms with Gasteiger partial charge in [-0.25, -0.2) is 13.8 Å². The zero-order valence-corrected chi connectivity index (χ0v) is 9.77. The van der Waals surface area contributed by atoms with Gasteiger partial charge in [0.1, 0.15) is 4.60 Å². The second-order valence-electron chi connectivity index (χ2n) is 2.49. The quantitative estimate of drug-likeness (QED) is 0.636. The Labute approximate surface area is 97.5 Å². The minimum atomic E-state index is -2.82. The fourth-order valence-corrected chi connectivity index (χ4v) is 1.88. The van der Waals surface area contributed by atoms with Crippen molar-refractivity contribution in [3.05, 3.63) is 21.8 Å². The molecular weight excluding hydrogens is 295 g/mol. The number of carbonyl (C=O) groups is 1. The molecule has 0 atom stereocenters. The van der Waals surface area contributed by atoms with Gasteiger partial charge in [0.2, 0.25) is 5.88 Å². The molecule has 0 saturated heterocycles. The molecule has 0 aliphatic carbocycles. The van der Waals surface area contributed by atoms with E-state index in [1.54, 1.807) is 0 Å². The number of pyridine rings is 1. The number of aromatic nitrogens is 1. The summed E-state index contributed by atoms with van der Waals surface area (Å²) in [5.41, 5.74) is -0.846. The Kier molecular flexibility index (Phi) is 3.98. The van der Waals surface area contributed by atoms with E-state index in [4.69, 9.17) is 16.3 Å². The van der Waals surface area contributed by atoms with Crippen LogP contribution < -0.4 is 4.74 Å². The van der Waals surface area contributed by atoms with Crippen LogP contribution in [0.25, 0.3) is 0 Å². The molecule has 82 valence electrons. The summed E-state index contributed by atoms with van der Waals surface area (Å²) in [7, 11) is 1.28. The maximum absolute atomic E-state index is 12.6. The van der Waals surface area contributed by atoms with Crippen LogP contribution in [0.1, 0.15) is 22.3 Å². The van der Waals surface area contributed by atoms with E-state index in [0.717, 1.165) is 6.07 Å². The van der Waals surface area contributed by atoms with Gasteiger partial charge in [-0.1, -0.05) is 0 Å². The van der Waals surface area contributed by atoms with E-state index in [1.165, 1.54) is 7.11 Å². The molecule has 1 heterocycles. The second kappa shape index (κ2) is 4.85. The molecule has 0 bridgehead atoms. The van der Waals surface area contributed by atoms with Crippen LogP contribution in [-0.2, 0) is 0 Å². The number of alkyl halides is 2. The monoisotopic (exact) mass is 299 g/mol. The van der Waals surface area contributed by atoms with Crippen molar-refractivity contribution in [2.24, 2.45) is 0 Å². The zero-order chi connectivity index (χ0) is 11.6. The summed E-state index contributed by atoms with van der Waals surface area (Å²) in [6.07, 6.45) is -2.82. The highest BCUT2D eigenvalue weighted by molar-refractivity contribution is 9.10. The molecule has 0 aliphatic heterocycles. The Bertz CT molecular complexity index is 400. The highest BCUT2D eigenvalue weighted by Crippen LogP contribution is 2.31. The standard InChI is InChI=1S/C8H5BrClF2NO2/c1-15-4-2-3(8(11)12)5(7(10)14)6(9)13-4/h2,8H,1H3. The van der Waals surface area contributed by atoms with E-state index in [2.05, 4.69) is 20.9 Å². The number of hydrogen-bond donors (Lipinski definition) is 0. The number of carbonyl (C=O) groups excluding carboxylic acids is 1. The van der Waals surface area contributed by atoms with Crippen LogP contribution in [0, 0.1) is 0 Å². The van der Waals surface area contributed by atoms with Crippen molar-refractivity contribution in [3.63, 3.8) is 0 Å². The number of methoxy groups -OCH3 is 1. The van der Waals surface area contributed by atoms with Crippen molar-refractivity contribution in [1.82, 2.24) is 4.98 Å². The molecule has 1 aromatic heterocycles. The minimum absolute atomic E-state index is 0.0150. The Hall–Kier alpha value is -0.750. The maximum atomic E-state index is 12.6. The van der Waals surface area contributed by atoms with Gasteiger partial charge in [0.25, 0.3) is 11.7 Å². The number of ether oxygens (including phenoxy) is 1. The van der Waals surface area contributed by atoms with Crippen LogP contribution >= 0.6 is 27.5 Å². The molecule has 3 nitrogen and oxygen atoms in total. The summed E-state index contributed by atoms with van der Waals surface area (Å²) < 4.78 is 29.8. The Morgan fingerprint density at radius 3 is 2.67 bits per heavy atom. The van der Waals surface area contributed by atoms with Crippen LogP contribution in [0.3, 0.4) is 0 Å². The lowest BCUT2D eigenvalue weighted by Gasteiger charge is -2.08. The van der Waals surface area contributed by atoms with Crippen LogP contribution in [-0.4, -0.2) is 17.3 Å². The third-order valence-corrected chi connectivity index (χ3v) is 2.39. The molecule has 0 aromatic carbocycles. The van der Waals surface area contributed by atoms with Crippen LogP contribution in [0.15, 0.2) is 10.7 Å². The van der Waals surface area contributed by atoms with Crippen LogP contribution in [0.4, 0.5) is 8.78 Å². The summed E-state index contributed by atoms with van der Waals surface area (Å²) in [6.45, 7) is 0. The summed E-state index contributed by atoms with van der Waals surface area (Å²) in [6, 6.07) is 0.977. The predicted octanol–water partition coefficient (Wildman–Crippen LogP) is 3.17. The molecule has 7 heteroatoms. The van der Waals surface area contributed by atoms with Gasteiger partial charge in [-0.3, -0.25) is 4.79 Å². The van der Waals surface area contributed by atoms with Gasteiger partial charge < -0.3 is 4.74 Å². The second-order valence-corrected chi connectivity index (χ2v) is 3.59. The molecule has 15 heavy (non-hydrogen) atoms. The number of hydrogen-bond acceptors (Lipinski definition) is 3. The van der Waals surface area contributed by atoms with Crippen molar-refractivity contribution in [2.75, 3.05) is 7.11 Å². The molecule has 0 spiro atoms. The summed E-state index contributed by atoms with van der Waals surface area (Å²) in [4.78, 5) is 14.6. The van der Waals surface area contributed by atoms with E-state index in [-0.39, 0.29) is 16.0 Å². The first-order valence-corrected chi connectivity index (χ1v) is 4.87. The SMILES string of the molecule is COc1cc(C(F)F)c(C(=O)Cl)c(Br)n1. The van der Waals surface area contributed by atoms with Gasteiger partial charge in [0.15, 0.2) is 0 Å². The molecule has 0 aliphatic rings. The average Bonchev–Trinajstić information content (AvgIpc) is 2.15. The average molecular weight is 300 g/mol. The van der Waals surface area contributed by atoms with E-state index >= 15 is 0 Å². The predicted molar refractivity (Wildman–Crippen MR) is 53.6 cm³/mol. The first-order chi connectivity index (χ1) is 6.97. The van der Waals surface area contributed by atoms with Gasteiger partial charge in [0, 0.05) is 11.6 Å². The summed E-state index contributed by atoms with van der Waals surface area (Å²) >= 11 is 8.05. The van der Waals surface area contributed by atoms with E-state index in [9.17, 15) is 13.6 Å². The molecule has 1 rings (SSSR count). The fourth-order valence-electron chi connectivity index (χ4n) is 0.980. The lowest BCUT2D eigenvalue weighted by Crippen LogP contribution is -2.03. The van der Waals surface area contributed by atoms with Gasteiger partial charge in [-0.2, -0.15) is 0 Å². The van der Waals surface area contributed by atoms with E-state index < -0.39 is 17.2 Å². The Morgan fingerprint density at radius 2 is 2.27 bits per heavy atom. The number of nitrogens with zero attached hydrogens (tertiary/aromatic N) is 1. The lowest BCUT2D eigenvalue weighted by molar-refractivity contribution is 0.106. The summed E-state index contributed by atoms with van der Waals surface area (Å²) in [5, 5.41) is -0.993. The Balaban J connectivity index is 3.42. The zero-order valence-electron chi connectivity index (χ0n) is 7.43. The van der Waals surface area contributed by atoms with Crippen molar-refractivity contribution < 1.29 is 18.3 Å². The van der Waals surface area contributed by atoms with Crippen molar-refractivity contribution in [1.29, 1.82) is 0 Å².